The Morgan fingerprint density at radius 3 is 2.57 bits per heavy atom. The van der Waals surface area contributed by atoms with Crippen molar-refractivity contribution < 1.29 is 19.1 Å². The van der Waals surface area contributed by atoms with Crippen LogP contribution < -0.4 is 20.3 Å². The number of anilines is 2. The molecule has 2 aliphatic rings. The number of likely N-dealkylation sites (N-methyl/N-ethyl adjacent to an activating group) is 1. The maximum absolute atomic E-state index is 12.6. The summed E-state index contributed by atoms with van der Waals surface area (Å²) in [6.45, 7) is 5.39. The highest BCUT2D eigenvalue weighted by Gasteiger charge is 2.26. The van der Waals surface area contributed by atoms with Crippen LogP contribution in [0.3, 0.4) is 0 Å². The molecule has 0 fully saturated rings. The van der Waals surface area contributed by atoms with Crippen molar-refractivity contribution in [3.05, 3.63) is 53.1 Å². The third-order valence-electron chi connectivity index (χ3n) is 6.61. The molecule has 0 saturated carbocycles. The van der Waals surface area contributed by atoms with Gasteiger partial charge >= 0.3 is 11.8 Å². The molecule has 186 valence electrons. The van der Waals surface area contributed by atoms with Gasteiger partial charge in [-0.2, -0.15) is 0 Å². The molecule has 2 aliphatic heterocycles. The average Bonchev–Trinajstić information content (AvgIpc) is 3.31. The van der Waals surface area contributed by atoms with E-state index in [9.17, 15) is 14.4 Å². The van der Waals surface area contributed by atoms with E-state index in [1.807, 2.05) is 51.0 Å². The summed E-state index contributed by atoms with van der Waals surface area (Å²) in [5.41, 5.74) is 4.60. The maximum Gasteiger partial charge on any atom is 0.313 e. The SMILES string of the molecule is CC(C)C(=O)N1CCCc2ccc(NC(=O)C(=O)NCC(c3ccc4c(c3)CCO4)N(C)C)cc21. The normalized spacial score (nSPS) is 15.3. The summed E-state index contributed by atoms with van der Waals surface area (Å²) >= 11 is 0. The first kappa shape index (κ1) is 24.7. The van der Waals surface area contributed by atoms with Crippen LogP contribution in [0.15, 0.2) is 36.4 Å². The van der Waals surface area contributed by atoms with E-state index in [0.717, 1.165) is 47.4 Å². The molecule has 0 aliphatic carbocycles. The Morgan fingerprint density at radius 2 is 1.83 bits per heavy atom. The number of nitrogens with one attached hydrogen (secondary N) is 2. The van der Waals surface area contributed by atoms with E-state index in [1.54, 1.807) is 17.0 Å². The van der Waals surface area contributed by atoms with Gasteiger partial charge in [-0.15, -0.1) is 0 Å². The highest BCUT2D eigenvalue weighted by atomic mass is 16.5. The van der Waals surface area contributed by atoms with Crippen LogP contribution in [0.1, 0.15) is 43.0 Å². The first-order valence-electron chi connectivity index (χ1n) is 12.2. The number of ether oxygens (including phenoxy) is 1. The Balaban J connectivity index is 1.40. The van der Waals surface area contributed by atoms with Gasteiger partial charge in [0.05, 0.1) is 12.6 Å². The Labute approximate surface area is 206 Å². The minimum Gasteiger partial charge on any atom is -0.493 e. The fourth-order valence-corrected chi connectivity index (χ4v) is 4.66. The lowest BCUT2D eigenvalue weighted by Gasteiger charge is -2.31. The molecule has 0 spiro atoms. The van der Waals surface area contributed by atoms with Crippen LogP contribution in [0.2, 0.25) is 0 Å². The molecule has 8 heteroatoms. The molecule has 2 N–H and O–H groups in total. The molecule has 2 aromatic rings. The lowest BCUT2D eigenvalue weighted by molar-refractivity contribution is -0.136. The largest absolute Gasteiger partial charge is 0.493 e. The highest BCUT2D eigenvalue weighted by Crippen LogP contribution is 2.31. The van der Waals surface area contributed by atoms with Gasteiger partial charge in [0, 0.05) is 36.8 Å². The molecule has 1 unspecified atom stereocenters. The van der Waals surface area contributed by atoms with Gasteiger partial charge in [-0.25, -0.2) is 0 Å². The fraction of sp³-hybridized carbons (Fsp3) is 0.444. The maximum atomic E-state index is 12.6. The van der Waals surface area contributed by atoms with Crippen molar-refractivity contribution in [1.29, 1.82) is 0 Å². The van der Waals surface area contributed by atoms with Gasteiger partial charge < -0.3 is 25.2 Å². The van der Waals surface area contributed by atoms with E-state index in [1.165, 1.54) is 0 Å². The van der Waals surface area contributed by atoms with Crippen molar-refractivity contribution in [2.75, 3.05) is 44.0 Å². The van der Waals surface area contributed by atoms with Crippen LogP contribution in [-0.4, -0.2) is 56.4 Å². The van der Waals surface area contributed by atoms with E-state index in [2.05, 4.69) is 16.7 Å². The Morgan fingerprint density at radius 1 is 1.03 bits per heavy atom. The molecule has 0 aromatic heterocycles. The van der Waals surface area contributed by atoms with Crippen molar-refractivity contribution in [2.45, 2.75) is 39.2 Å². The number of aryl methyl sites for hydroxylation is 1. The van der Waals surface area contributed by atoms with Crippen molar-refractivity contribution in [2.24, 2.45) is 5.92 Å². The van der Waals surface area contributed by atoms with Crippen molar-refractivity contribution in [1.82, 2.24) is 10.2 Å². The number of amides is 3. The van der Waals surface area contributed by atoms with Crippen LogP contribution in [0, 0.1) is 5.92 Å². The minimum atomic E-state index is -0.734. The molecular formula is C27H34N4O4. The number of carbonyl (C=O) groups excluding carboxylic acids is 3. The predicted octanol–water partition coefficient (Wildman–Crippen LogP) is 2.91. The van der Waals surface area contributed by atoms with Gasteiger partial charge in [-0.1, -0.05) is 32.0 Å². The first-order valence-corrected chi connectivity index (χ1v) is 12.2. The second-order valence-electron chi connectivity index (χ2n) is 9.70. The van der Waals surface area contributed by atoms with Crippen molar-refractivity contribution in [3.8, 4) is 5.75 Å². The number of nitrogens with zero attached hydrogens (tertiary/aromatic N) is 2. The van der Waals surface area contributed by atoms with Crippen LogP contribution >= 0.6 is 0 Å². The van der Waals surface area contributed by atoms with E-state index in [0.29, 0.717) is 25.4 Å². The first-order chi connectivity index (χ1) is 16.7. The predicted molar refractivity (Wildman–Crippen MR) is 136 cm³/mol. The van der Waals surface area contributed by atoms with E-state index in [-0.39, 0.29) is 17.9 Å². The lowest BCUT2D eigenvalue weighted by atomic mass is 9.99. The third-order valence-corrected chi connectivity index (χ3v) is 6.61. The van der Waals surface area contributed by atoms with Crippen LogP contribution in [0.5, 0.6) is 5.75 Å². The standard InChI is InChI=1S/C27H34N4O4/c1-17(2)27(34)31-12-5-6-18-7-9-21(15-22(18)31)29-26(33)25(32)28-16-23(30(3)4)19-8-10-24-20(14-19)11-13-35-24/h7-10,14-15,17,23H,5-6,11-13,16H2,1-4H3,(H,28,32)(H,29,33). The topological polar surface area (TPSA) is 91.0 Å². The Kier molecular flexibility index (Phi) is 7.40. The summed E-state index contributed by atoms with van der Waals surface area (Å²) in [5, 5.41) is 5.45. The van der Waals surface area contributed by atoms with Gasteiger partial charge in [-0.05, 0) is 61.8 Å². The van der Waals surface area contributed by atoms with Crippen molar-refractivity contribution in [3.63, 3.8) is 0 Å². The lowest BCUT2D eigenvalue weighted by Crippen LogP contribution is -2.40. The van der Waals surface area contributed by atoms with Crippen molar-refractivity contribution >= 4 is 29.1 Å². The highest BCUT2D eigenvalue weighted by molar-refractivity contribution is 6.39. The molecule has 0 radical (unpaired) electrons. The summed E-state index contributed by atoms with van der Waals surface area (Å²) in [7, 11) is 3.88. The number of benzene rings is 2. The zero-order chi connectivity index (χ0) is 25.1. The molecule has 2 aromatic carbocycles. The zero-order valence-electron chi connectivity index (χ0n) is 20.9. The molecule has 0 saturated heterocycles. The molecule has 3 amide bonds. The van der Waals surface area contributed by atoms with Crippen LogP contribution in [0.4, 0.5) is 11.4 Å². The molecular weight excluding hydrogens is 444 g/mol. The van der Waals surface area contributed by atoms with E-state index in [4.69, 9.17) is 4.74 Å². The van der Waals surface area contributed by atoms with Gasteiger partial charge in [0.1, 0.15) is 5.75 Å². The van der Waals surface area contributed by atoms with Crippen LogP contribution in [-0.2, 0) is 27.2 Å². The molecule has 0 bridgehead atoms. The Bertz CT molecular complexity index is 1130. The molecule has 2 heterocycles. The van der Waals surface area contributed by atoms with E-state index >= 15 is 0 Å². The third kappa shape index (κ3) is 5.48. The Hall–Kier alpha value is -3.39. The molecule has 1 atom stereocenters. The van der Waals surface area contributed by atoms with Gasteiger partial charge in [0.2, 0.25) is 5.91 Å². The summed E-state index contributed by atoms with van der Waals surface area (Å²) in [5.74, 6) is -0.585. The minimum absolute atomic E-state index is 0.0556. The number of hydrogen-bond donors (Lipinski definition) is 2. The summed E-state index contributed by atoms with van der Waals surface area (Å²) in [4.78, 5) is 41.7. The van der Waals surface area contributed by atoms with E-state index < -0.39 is 11.8 Å². The second-order valence-corrected chi connectivity index (χ2v) is 9.70. The zero-order valence-corrected chi connectivity index (χ0v) is 20.9. The number of hydrogen-bond acceptors (Lipinski definition) is 5. The number of rotatable bonds is 6. The van der Waals surface area contributed by atoms with Gasteiger partial charge in [0.25, 0.3) is 0 Å². The quantitative estimate of drug-likeness (QED) is 0.623. The summed E-state index contributed by atoms with van der Waals surface area (Å²) < 4.78 is 5.59. The smallest absolute Gasteiger partial charge is 0.313 e. The van der Waals surface area contributed by atoms with Crippen LogP contribution in [0.25, 0.3) is 0 Å². The summed E-state index contributed by atoms with van der Waals surface area (Å²) in [6.07, 6.45) is 2.66. The molecule has 35 heavy (non-hydrogen) atoms. The van der Waals surface area contributed by atoms with Gasteiger partial charge in [0.15, 0.2) is 0 Å². The second kappa shape index (κ2) is 10.5. The summed E-state index contributed by atoms with van der Waals surface area (Å²) in [6, 6.07) is 11.5. The average molecular weight is 479 g/mol. The fourth-order valence-electron chi connectivity index (χ4n) is 4.66. The monoisotopic (exact) mass is 478 g/mol. The number of fused-ring (bicyclic) bond motifs is 2. The van der Waals surface area contributed by atoms with Gasteiger partial charge in [-0.3, -0.25) is 14.4 Å². The molecule has 4 rings (SSSR count). The number of carbonyl (C=O) groups is 3. The molecule has 8 nitrogen and oxygen atoms in total.